The van der Waals surface area contributed by atoms with Crippen LogP contribution in [0.3, 0.4) is 0 Å². The van der Waals surface area contributed by atoms with Crippen LogP contribution in [0.1, 0.15) is 22.3 Å². The van der Waals surface area contributed by atoms with Crippen LogP contribution >= 0.6 is 22.5 Å². The first kappa shape index (κ1) is 28.4. The van der Waals surface area contributed by atoms with Gasteiger partial charge in [0.05, 0.1) is 15.1 Å². The lowest BCUT2D eigenvalue weighted by Gasteiger charge is -2.21. The van der Waals surface area contributed by atoms with Gasteiger partial charge in [0.15, 0.2) is 0 Å². The van der Waals surface area contributed by atoms with Crippen LogP contribution < -0.4 is 14.0 Å². The summed E-state index contributed by atoms with van der Waals surface area (Å²) in [4.78, 5) is 3.30. The Morgan fingerprint density at radius 2 is 1.00 bits per heavy atom. The van der Waals surface area contributed by atoms with Crippen LogP contribution in [0.2, 0.25) is 0 Å². The molecule has 0 saturated heterocycles. The Kier molecular flexibility index (Phi) is 8.55. The predicted octanol–water partition coefficient (Wildman–Crippen LogP) is 6.15. The van der Waals surface area contributed by atoms with E-state index in [0.717, 1.165) is 43.2 Å². The fourth-order valence-corrected chi connectivity index (χ4v) is 8.29. The summed E-state index contributed by atoms with van der Waals surface area (Å²) in [6.45, 7) is 0. The summed E-state index contributed by atoms with van der Waals surface area (Å²) < 4.78 is 41.4. The van der Waals surface area contributed by atoms with Gasteiger partial charge >= 0.3 is 0 Å². The predicted molar refractivity (Wildman–Crippen MR) is 167 cm³/mol. The van der Waals surface area contributed by atoms with E-state index in [4.69, 9.17) is 3.74 Å². The van der Waals surface area contributed by atoms with E-state index >= 15 is 0 Å². The van der Waals surface area contributed by atoms with E-state index in [0.29, 0.717) is 9.77 Å². The average Bonchev–Trinajstić information content (AvgIpc) is 3.03. The summed E-state index contributed by atoms with van der Waals surface area (Å²) in [5.41, 5.74) is 5.64. The molecule has 0 aromatic heterocycles. The molecule has 0 N–H and O–H groups in total. The molecule has 4 aromatic rings. The minimum absolute atomic E-state index is 0.580. The molecule has 0 spiro atoms. The molecule has 0 fully saturated rings. The maximum atomic E-state index is 12.0. The Hall–Kier alpha value is -3.72. The zero-order valence-electron chi connectivity index (χ0n) is 22.3. The molecule has 0 bridgehead atoms. The van der Waals surface area contributed by atoms with E-state index in [-0.39, 0.29) is 0 Å². The van der Waals surface area contributed by atoms with Crippen molar-refractivity contribution in [3.63, 3.8) is 0 Å². The third-order valence-electron chi connectivity index (χ3n) is 6.54. The first-order chi connectivity index (χ1) is 20.4. The van der Waals surface area contributed by atoms with E-state index in [1.165, 1.54) is 0 Å². The molecule has 0 saturated carbocycles. The molecule has 208 valence electrons. The molecule has 4 nitrogen and oxygen atoms in total. The number of thioether (sulfide) groups is 1. The molecule has 2 aliphatic heterocycles. The van der Waals surface area contributed by atoms with Gasteiger partial charge in [0, 0.05) is 14.7 Å². The summed E-state index contributed by atoms with van der Waals surface area (Å²) in [7, 11) is -6.21. The van der Waals surface area contributed by atoms with Gasteiger partial charge < -0.3 is 0 Å². The Morgan fingerprint density at radius 1 is 0.548 bits per heavy atom. The van der Waals surface area contributed by atoms with Gasteiger partial charge in [-0.1, -0.05) is 133 Å². The monoisotopic (exact) mass is 608 g/mol. The van der Waals surface area contributed by atoms with Crippen molar-refractivity contribution in [2.45, 2.75) is 0 Å². The van der Waals surface area contributed by atoms with Gasteiger partial charge in [-0.25, -0.2) is 0 Å². The van der Waals surface area contributed by atoms with Crippen LogP contribution in [0, 0.1) is 10.2 Å². The highest BCUT2D eigenvalue weighted by Gasteiger charge is 2.31. The number of rotatable bonds is 7. The van der Waals surface area contributed by atoms with Crippen LogP contribution in [0.25, 0.3) is 20.3 Å². The summed E-state index contributed by atoms with van der Waals surface area (Å²) in [6.07, 6.45) is 9.91. The first-order valence-electron chi connectivity index (χ1n) is 13.1. The van der Waals surface area contributed by atoms with Crippen molar-refractivity contribution < 1.29 is 28.0 Å². The van der Waals surface area contributed by atoms with Gasteiger partial charge in [0.25, 0.3) is 0 Å². The van der Waals surface area contributed by atoms with E-state index in [1.807, 2.05) is 115 Å². The topological polar surface area (TPSA) is 78.4 Å². The molecule has 0 aliphatic carbocycles. The highest BCUT2D eigenvalue weighted by molar-refractivity contribution is 8.20. The van der Waals surface area contributed by atoms with Crippen molar-refractivity contribution in [1.82, 2.24) is 0 Å². The lowest BCUT2D eigenvalue weighted by molar-refractivity contribution is -1.91. The highest BCUT2D eigenvalue weighted by Crippen LogP contribution is 2.46. The van der Waals surface area contributed by atoms with Crippen LogP contribution in [-0.4, -0.2) is 4.86 Å². The van der Waals surface area contributed by atoms with Crippen molar-refractivity contribution in [1.29, 1.82) is 0 Å². The second-order valence-electron chi connectivity index (χ2n) is 9.45. The van der Waals surface area contributed by atoms with E-state index < -0.39 is 21.0 Å². The molecule has 2 heterocycles. The number of benzene rings is 4. The molecule has 0 radical (unpaired) electrons. The van der Waals surface area contributed by atoms with Crippen LogP contribution in [0.15, 0.2) is 157 Å². The van der Waals surface area contributed by atoms with Crippen LogP contribution in [0.4, 0.5) is 0 Å². The fraction of sp³-hybridized carbons (Fsp3) is 0. The maximum Gasteiger partial charge on any atom is 0.147 e. The van der Waals surface area contributed by atoms with Crippen molar-refractivity contribution in [2.75, 3.05) is 0 Å². The number of hydrogen-bond donors (Lipinski definition) is 0. The molecule has 1 atom stereocenters. The molecule has 0 amide bonds. The molecule has 4 aromatic carbocycles. The van der Waals surface area contributed by atoms with Gasteiger partial charge in [-0.3, -0.25) is 0 Å². The fourth-order valence-electron chi connectivity index (χ4n) is 4.66. The molecule has 7 heteroatoms. The van der Waals surface area contributed by atoms with Gasteiger partial charge in [-0.05, 0) is 63.8 Å². The maximum absolute atomic E-state index is 12.0. The van der Waals surface area contributed by atoms with E-state index in [2.05, 4.69) is 36.4 Å². The Labute approximate surface area is 254 Å². The largest absolute Gasteiger partial charge is 0.182 e. The minimum Gasteiger partial charge on any atom is -0.182 e. The smallest absolute Gasteiger partial charge is 0.147 e. The average molecular weight is 609 g/mol. The first-order valence-corrected chi connectivity index (χ1v) is 16.3. The summed E-state index contributed by atoms with van der Waals surface area (Å²) >= 11 is 1.68. The third-order valence-corrected chi connectivity index (χ3v) is 10.2. The number of hydrogen-bond acceptors (Lipinski definition) is 5. The summed E-state index contributed by atoms with van der Waals surface area (Å²) in [5.74, 6) is 0. The van der Waals surface area contributed by atoms with Gasteiger partial charge in [-0.15, -0.1) is 0 Å². The second kappa shape index (κ2) is 12.7. The van der Waals surface area contributed by atoms with Crippen LogP contribution in [-0.2, 0) is 3.74 Å². The Morgan fingerprint density at radius 3 is 1.48 bits per heavy atom. The standard InChI is InChI=1S/C35H25ClO4S2/c37-36(38,39)40-42-32(24-31(27-13-5-1-6-14-27)25-35(42)30-19-11-4-12-20-30)21-26-22-33(28-15-7-2-8-16-28)41-34(23-26)29-17-9-3-10-18-29/h1-25H. The van der Waals surface area contributed by atoms with Gasteiger partial charge in [-0.2, -0.15) is 14.0 Å². The SMILES string of the molecule is [O-][Cl+3]([O-])([O-])OS1=C(C=C2C=C(c3ccccc3)SC(c3ccccc3)=C2)C=C(c2ccccc2)C=C1c1ccccc1. The lowest BCUT2D eigenvalue weighted by atomic mass is 10.0. The number of halogens is 1. The Balaban J connectivity index is 1.57. The summed E-state index contributed by atoms with van der Waals surface area (Å²) in [5, 5.41) is 0. The lowest BCUT2D eigenvalue weighted by Crippen LogP contribution is -2.60. The summed E-state index contributed by atoms with van der Waals surface area (Å²) in [6, 6.07) is 39.5. The zero-order valence-corrected chi connectivity index (χ0v) is 24.7. The second-order valence-corrected chi connectivity index (χ2v) is 13.2. The van der Waals surface area contributed by atoms with E-state index in [1.54, 1.807) is 11.8 Å². The number of allylic oxidation sites excluding steroid dienone is 7. The molecule has 2 aliphatic rings. The zero-order chi connectivity index (χ0) is 28.9. The minimum atomic E-state index is -4.70. The highest BCUT2D eigenvalue weighted by atomic mass is 35.7. The Bertz CT molecular complexity index is 1710. The van der Waals surface area contributed by atoms with Crippen molar-refractivity contribution in [3.8, 4) is 0 Å². The molecule has 42 heavy (non-hydrogen) atoms. The van der Waals surface area contributed by atoms with E-state index in [9.17, 15) is 14.0 Å². The molecular weight excluding hydrogens is 584 g/mol. The van der Waals surface area contributed by atoms with Crippen LogP contribution in [0.5, 0.6) is 0 Å². The molecule has 1 unspecified atom stereocenters. The quantitative estimate of drug-likeness (QED) is 0.186. The van der Waals surface area contributed by atoms with Gasteiger partial charge in [0.1, 0.15) is 14.5 Å². The van der Waals surface area contributed by atoms with Crippen molar-refractivity contribution in [2.24, 2.45) is 0 Å². The normalized spacial score (nSPS) is 17.2. The van der Waals surface area contributed by atoms with Crippen molar-refractivity contribution in [3.05, 3.63) is 180 Å². The third kappa shape index (κ3) is 6.84. The molecule has 6 rings (SSSR count). The molecular formula is C35H25ClO4S2. The van der Waals surface area contributed by atoms with Gasteiger partial charge in [0.2, 0.25) is 0 Å². The van der Waals surface area contributed by atoms with Crippen molar-refractivity contribution >= 4 is 47.7 Å².